The topological polar surface area (TPSA) is 53.0 Å². The van der Waals surface area contributed by atoms with Crippen molar-refractivity contribution in [2.24, 2.45) is 0 Å². The van der Waals surface area contributed by atoms with E-state index in [-0.39, 0.29) is 30.7 Å². The van der Waals surface area contributed by atoms with Crippen LogP contribution in [0.2, 0.25) is 0 Å². The second-order valence-corrected chi connectivity index (χ2v) is 6.36. The van der Waals surface area contributed by atoms with Crippen molar-refractivity contribution >= 4 is 18.4 Å². The number of piperidine rings is 1. The van der Waals surface area contributed by atoms with Crippen LogP contribution in [-0.2, 0) is 11.3 Å². The minimum absolute atomic E-state index is 0. The van der Waals surface area contributed by atoms with E-state index < -0.39 is 18.8 Å². The number of ether oxygens (including phenoxy) is 1. The molecule has 0 bridgehead atoms. The summed E-state index contributed by atoms with van der Waals surface area (Å²) in [5, 5.41) is 8.84. The highest BCUT2D eigenvalue weighted by atomic mass is 35.5. The predicted molar refractivity (Wildman–Crippen MR) is 93.8 cm³/mol. The number of alkyl halides is 3. The molecule has 0 saturated carbocycles. The molecule has 1 fully saturated rings. The van der Waals surface area contributed by atoms with Gasteiger partial charge in [-0.2, -0.15) is 13.2 Å². The number of hydrogen-bond acceptors (Lipinski definition) is 4. The number of benzene rings is 1. The first-order valence-corrected chi connectivity index (χ1v) is 8.16. The lowest BCUT2D eigenvalue weighted by Gasteiger charge is -2.36. The van der Waals surface area contributed by atoms with Crippen molar-refractivity contribution in [1.82, 2.24) is 9.80 Å². The maximum absolute atomic E-state index is 12.1. The fourth-order valence-corrected chi connectivity index (χ4v) is 2.98. The van der Waals surface area contributed by atoms with Crippen LogP contribution in [0.4, 0.5) is 13.2 Å². The molecule has 0 atom stereocenters. The maximum atomic E-state index is 12.1. The van der Waals surface area contributed by atoms with Crippen LogP contribution in [0.1, 0.15) is 18.4 Å². The van der Waals surface area contributed by atoms with Gasteiger partial charge in [-0.3, -0.25) is 14.6 Å². The van der Waals surface area contributed by atoms with Gasteiger partial charge in [0.15, 0.2) is 6.61 Å². The average Bonchev–Trinajstić information content (AvgIpc) is 2.53. The van der Waals surface area contributed by atoms with E-state index in [1.165, 1.54) is 0 Å². The van der Waals surface area contributed by atoms with E-state index in [4.69, 9.17) is 9.84 Å². The fraction of sp³-hybridized carbons (Fsp3) is 0.588. The first kappa shape index (κ1) is 22.5. The normalized spacial score (nSPS) is 16.3. The van der Waals surface area contributed by atoms with Gasteiger partial charge < -0.3 is 9.84 Å². The summed E-state index contributed by atoms with van der Waals surface area (Å²) >= 11 is 0. The van der Waals surface area contributed by atoms with E-state index in [0.717, 1.165) is 38.0 Å². The molecule has 0 aliphatic carbocycles. The summed E-state index contributed by atoms with van der Waals surface area (Å²) in [6, 6.07) is 6.91. The number of halogens is 4. The number of rotatable bonds is 7. The van der Waals surface area contributed by atoms with Crippen molar-refractivity contribution in [3.8, 4) is 5.75 Å². The number of nitrogens with zero attached hydrogens (tertiary/aromatic N) is 2. The Balaban J connectivity index is 0.00000338. The first-order valence-electron chi connectivity index (χ1n) is 8.16. The molecule has 1 N–H and O–H groups in total. The molecule has 1 heterocycles. The van der Waals surface area contributed by atoms with E-state index in [0.29, 0.717) is 0 Å². The molecule has 1 aromatic rings. The molecule has 2 rings (SSSR count). The van der Waals surface area contributed by atoms with Crippen LogP contribution in [0.15, 0.2) is 24.3 Å². The second-order valence-electron chi connectivity index (χ2n) is 6.36. The third-order valence-electron chi connectivity index (χ3n) is 4.30. The Bertz CT molecular complexity index is 561. The number of carbonyl (C=O) groups is 1. The van der Waals surface area contributed by atoms with Gasteiger partial charge in [0.25, 0.3) is 0 Å². The van der Waals surface area contributed by atoms with Crippen LogP contribution < -0.4 is 4.74 Å². The highest BCUT2D eigenvalue weighted by Crippen LogP contribution is 2.21. The van der Waals surface area contributed by atoms with Gasteiger partial charge in [-0.1, -0.05) is 12.1 Å². The van der Waals surface area contributed by atoms with Crippen LogP contribution in [0.3, 0.4) is 0 Å². The quantitative estimate of drug-likeness (QED) is 0.767. The predicted octanol–water partition coefficient (Wildman–Crippen LogP) is 3.03. The lowest BCUT2D eigenvalue weighted by Crippen LogP contribution is -2.44. The average molecular weight is 397 g/mol. The number of hydrogen-bond donors (Lipinski definition) is 1. The Morgan fingerprint density at radius 2 is 1.85 bits per heavy atom. The molecule has 1 aliphatic heterocycles. The van der Waals surface area contributed by atoms with Gasteiger partial charge in [-0.05, 0) is 50.7 Å². The smallest absolute Gasteiger partial charge is 0.422 e. The largest absolute Gasteiger partial charge is 0.484 e. The summed E-state index contributed by atoms with van der Waals surface area (Å²) in [5.41, 5.74) is 1.01. The van der Waals surface area contributed by atoms with Gasteiger partial charge in [0.2, 0.25) is 0 Å². The van der Waals surface area contributed by atoms with Crippen molar-refractivity contribution in [3.05, 3.63) is 29.8 Å². The summed E-state index contributed by atoms with van der Waals surface area (Å²) in [7, 11) is 1.83. The molecule has 0 unspecified atom stereocenters. The van der Waals surface area contributed by atoms with Gasteiger partial charge in [-0.15, -0.1) is 12.4 Å². The monoisotopic (exact) mass is 396 g/mol. The summed E-state index contributed by atoms with van der Waals surface area (Å²) in [4.78, 5) is 14.9. The number of likely N-dealkylation sites (N-methyl/N-ethyl adjacent to an activating group) is 1. The second kappa shape index (κ2) is 9.99. The molecule has 0 radical (unpaired) electrons. The molecule has 5 nitrogen and oxygen atoms in total. The van der Waals surface area contributed by atoms with Crippen molar-refractivity contribution in [2.45, 2.75) is 31.6 Å². The highest BCUT2D eigenvalue weighted by Gasteiger charge is 2.28. The Hall–Kier alpha value is -1.51. The molecule has 1 saturated heterocycles. The third kappa shape index (κ3) is 7.80. The lowest BCUT2D eigenvalue weighted by atomic mass is 10.0. The maximum Gasteiger partial charge on any atom is 0.422 e. The number of carboxylic acid groups (broad SMARTS) is 1. The molecule has 0 amide bonds. The van der Waals surface area contributed by atoms with Crippen LogP contribution >= 0.6 is 12.4 Å². The molecular formula is C17H24ClF3N2O3. The molecule has 1 aromatic carbocycles. The van der Waals surface area contributed by atoms with E-state index in [2.05, 4.69) is 4.90 Å². The van der Waals surface area contributed by atoms with E-state index >= 15 is 0 Å². The Morgan fingerprint density at radius 3 is 2.35 bits per heavy atom. The summed E-state index contributed by atoms with van der Waals surface area (Å²) in [6.45, 7) is 1.20. The van der Waals surface area contributed by atoms with Crippen molar-refractivity contribution in [3.63, 3.8) is 0 Å². The zero-order valence-electron chi connectivity index (χ0n) is 14.5. The van der Waals surface area contributed by atoms with Gasteiger partial charge in [-0.25, -0.2) is 0 Å². The lowest BCUT2D eigenvalue weighted by molar-refractivity contribution is -0.153. The van der Waals surface area contributed by atoms with Gasteiger partial charge >= 0.3 is 12.1 Å². The van der Waals surface area contributed by atoms with Crippen LogP contribution in [0.5, 0.6) is 5.75 Å². The highest BCUT2D eigenvalue weighted by molar-refractivity contribution is 5.85. The van der Waals surface area contributed by atoms with Crippen LogP contribution in [0, 0.1) is 0 Å². The summed E-state index contributed by atoms with van der Waals surface area (Å²) in [5.74, 6) is -0.618. The Labute approximate surface area is 157 Å². The SMILES string of the molecule is CN(CC(=O)O)C1CCN(Cc2ccc(OCC(F)(F)F)cc2)CC1.Cl. The number of likely N-dealkylation sites (tertiary alicyclic amines) is 1. The number of aliphatic carboxylic acids is 1. The van der Waals surface area contributed by atoms with Gasteiger partial charge in [0.05, 0.1) is 6.54 Å². The minimum Gasteiger partial charge on any atom is -0.484 e. The summed E-state index contributed by atoms with van der Waals surface area (Å²) in [6.07, 6.45) is -2.54. The van der Waals surface area contributed by atoms with Gasteiger partial charge in [0, 0.05) is 12.6 Å². The molecule has 0 spiro atoms. The van der Waals surface area contributed by atoms with E-state index in [1.807, 2.05) is 11.9 Å². The van der Waals surface area contributed by atoms with E-state index in [1.54, 1.807) is 24.3 Å². The van der Waals surface area contributed by atoms with Gasteiger partial charge in [0.1, 0.15) is 5.75 Å². The summed E-state index contributed by atoms with van der Waals surface area (Å²) < 4.78 is 41.1. The van der Waals surface area contributed by atoms with E-state index in [9.17, 15) is 18.0 Å². The van der Waals surface area contributed by atoms with Crippen molar-refractivity contribution < 1.29 is 27.8 Å². The zero-order valence-corrected chi connectivity index (χ0v) is 15.4. The Kier molecular flexibility index (Phi) is 8.66. The third-order valence-corrected chi connectivity index (χ3v) is 4.30. The number of carboxylic acids is 1. The molecule has 26 heavy (non-hydrogen) atoms. The zero-order chi connectivity index (χ0) is 18.4. The molecule has 1 aliphatic rings. The van der Waals surface area contributed by atoms with Crippen LogP contribution in [0.25, 0.3) is 0 Å². The van der Waals surface area contributed by atoms with Crippen molar-refractivity contribution in [2.75, 3.05) is 33.3 Å². The molecule has 148 valence electrons. The molecular weight excluding hydrogens is 373 g/mol. The molecule has 0 aromatic heterocycles. The minimum atomic E-state index is -4.34. The van der Waals surface area contributed by atoms with Crippen LogP contribution in [-0.4, -0.2) is 66.4 Å². The first-order chi connectivity index (χ1) is 11.7. The Morgan fingerprint density at radius 1 is 1.27 bits per heavy atom. The molecule has 9 heteroatoms. The standard InChI is InChI=1S/C17H23F3N2O3.ClH/c1-21(11-16(23)24)14-6-8-22(9-7-14)10-13-2-4-15(5-3-13)25-12-17(18,19)20;/h2-5,14H,6-12H2,1H3,(H,23,24);1H. The fourth-order valence-electron chi connectivity index (χ4n) is 2.98. The van der Waals surface area contributed by atoms with Crippen molar-refractivity contribution in [1.29, 1.82) is 0 Å².